The molecule has 0 atom stereocenters. The summed E-state index contributed by atoms with van der Waals surface area (Å²) in [4.78, 5) is 19.4. The van der Waals surface area contributed by atoms with Gasteiger partial charge in [0.2, 0.25) is 11.8 Å². The number of carbonyl (C=O) groups excluding carboxylic acids is 1. The van der Waals surface area contributed by atoms with Crippen molar-refractivity contribution in [3.8, 4) is 23.0 Å². The van der Waals surface area contributed by atoms with Crippen LogP contribution in [0.15, 0.2) is 103 Å². The van der Waals surface area contributed by atoms with Crippen molar-refractivity contribution in [1.82, 2.24) is 34.3 Å². The van der Waals surface area contributed by atoms with Gasteiger partial charge in [-0.3, -0.25) is 14.2 Å². The van der Waals surface area contributed by atoms with Crippen LogP contribution in [0.25, 0.3) is 11.3 Å². The van der Waals surface area contributed by atoms with Crippen LogP contribution in [0.3, 0.4) is 0 Å². The zero-order valence-corrected chi connectivity index (χ0v) is 32.7. The van der Waals surface area contributed by atoms with Crippen LogP contribution in [-0.2, 0) is 13.1 Å². The number of benzene rings is 3. The van der Waals surface area contributed by atoms with Crippen LogP contribution in [0.2, 0.25) is 0 Å². The molecular weight excluding hydrogens is 663 g/mol. The molecule has 3 aromatic carbocycles. The summed E-state index contributed by atoms with van der Waals surface area (Å²) in [6, 6.07) is 34.6. The Hall–Kier alpha value is -4.93. The molecule has 5 rings (SSSR count). The van der Waals surface area contributed by atoms with Gasteiger partial charge in [0.15, 0.2) is 0 Å². The molecule has 0 aliphatic carbocycles. The van der Waals surface area contributed by atoms with Gasteiger partial charge in [-0.25, -0.2) is 0 Å². The van der Waals surface area contributed by atoms with Crippen LogP contribution in [-0.4, -0.2) is 108 Å². The van der Waals surface area contributed by atoms with E-state index in [1.54, 1.807) is 10.7 Å². The van der Waals surface area contributed by atoms with Crippen molar-refractivity contribution in [1.29, 1.82) is 0 Å². The van der Waals surface area contributed by atoms with Crippen LogP contribution < -0.4 is 9.47 Å². The molecule has 0 fully saturated rings. The smallest absolute Gasteiger partial charge is 0.272 e. The average molecular weight is 722 g/mol. The third-order valence-electron chi connectivity index (χ3n) is 8.43. The highest BCUT2D eigenvalue weighted by atomic mass is 16.5. The van der Waals surface area contributed by atoms with E-state index in [2.05, 4.69) is 84.3 Å². The molecule has 2 aromatic heterocycles. The van der Waals surface area contributed by atoms with Crippen molar-refractivity contribution in [3.63, 3.8) is 0 Å². The average Bonchev–Trinajstić information content (AvgIpc) is 3.76. The van der Waals surface area contributed by atoms with Gasteiger partial charge < -0.3 is 24.2 Å². The summed E-state index contributed by atoms with van der Waals surface area (Å²) >= 11 is 0. The molecule has 53 heavy (non-hydrogen) atoms. The predicted molar refractivity (Wildman–Crippen MR) is 215 cm³/mol. The molecule has 0 unspecified atom stereocenters. The molecule has 2 heterocycles. The van der Waals surface area contributed by atoms with Crippen LogP contribution >= 0.6 is 0 Å². The van der Waals surface area contributed by atoms with Crippen molar-refractivity contribution in [2.45, 2.75) is 52.6 Å². The molecule has 1 amide bonds. The lowest BCUT2D eigenvalue weighted by atomic mass is 10.1. The SMILES string of the molecule is CCCN(CCC)C(=O)c1cc(OCCCN(C)C)nn1Cc1ccccc1.CN(C)CCCOc1cc(-c2ccccc2)n(Cc2ccccc2)n1. The molecular formula is C43H59N7O3. The van der Waals surface area contributed by atoms with E-state index in [0.29, 0.717) is 37.2 Å². The highest BCUT2D eigenvalue weighted by molar-refractivity contribution is 5.93. The lowest BCUT2D eigenvalue weighted by molar-refractivity contribution is 0.0743. The standard InChI is InChI=1S/C22H34N4O2.C21H25N3O/c1-5-13-25(14-6-2)22(27)20-17-21(28-16-10-15-24(3)4)23-26(20)18-19-11-8-7-9-12-19;1-23(2)14-9-15-25-21-16-20(19-12-7-4-8-13-19)24(22-21)17-18-10-5-3-6-11-18/h7-9,11-12,17H,5-6,10,13-16,18H2,1-4H3;3-8,10-13,16H,9,14-15,17H2,1-2H3. The first kappa shape index (κ1) is 40.8. The van der Waals surface area contributed by atoms with Crippen LogP contribution in [0.1, 0.15) is 61.1 Å². The summed E-state index contributed by atoms with van der Waals surface area (Å²) in [5, 5.41) is 9.26. The zero-order valence-electron chi connectivity index (χ0n) is 32.7. The van der Waals surface area contributed by atoms with Gasteiger partial charge in [-0.1, -0.05) is 105 Å². The quantitative estimate of drug-likeness (QED) is 0.0773. The van der Waals surface area contributed by atoms with Crippen molar-refractivity contribution in [2.75, 3.05) is 67.6 Å². The van der Waals surface area contributed by atoms with Gasteiger partial charge in [-0.2, -0.15) is 0 Å². The Morgan fingerprint density at radius 1 is 0.604 bits per heavy atom. The van der Waals surface area contributed by atoms with E-state index in [1.807, 2.05) is 84.3 Å². The normalized spacial score (nSPS) is 11.0. The second-order valence-electron chi connectivity index (χ2n) is 13.7. The Balaban J connectivity index is 0.000000238. The Kier molecular flexibility index (Phi) is 17.1. The van der Waals surface area contributed by atoms with Gasteiger partial charge in [0.1, 0.15) is 5.69 Å². The third kappa shape index (κ3) is 13.9. The number of amides is 1. The van der Waals surface area contributed by atoms with E-state index in [4.69, 9.17) is 9.47 Å². The number of nitrogens with zero attached hydrogens (tertiary/aromatic N) is 7. The molecule has 10 nitrogen and oxygen atoms in total. The first-order valence-electron chi connectivity index (χ1n) is 18.9. The minimum atomic E-state index is 0.0234. The topological polar surface area (TPSA) is 80.9 Å². The van der Waals surface area contributed by atoms with Crippen molar-refractivity contribution >= 4 is 5.91 Å². The Morgan fingerprint density at radius 3 is 1.55 bits per heavy atom. The Morgan fingerprint density at radius 2 is 1.06 bits per heavy atom. The van der Waals surface area contributed by atoms with E-state index < -0.39 is 0 Å². The molecule has 0 spiro atoms. The van der Waals surface area contributed by atoms with Crippen molar-refractivity contribution in [3.05, 3.63) is 120 Å². The maximum Gasteiger partial charge on any atom is 0.272 e. The van der Waals surface area contributed by atoms with E-state index in [1.165, 1.54) is 5.56 Å². The molecule has 0 N–H and O–H groups in total. The molecule has 0 saturated carbocycles. The Bertz CT molecular complexity index is 1730. The number of hydrogen-bond donors (Lipinski definition) is 0. The largest absolute Gasteiger partial charge is 0.477 e. The lowest BCUT2D eigenvalue weighted by Crippen LogP contribution is -2.34. The number of rotatable bonds is 20. The first-order valence-corrected chi connectivity index (χ1v) is 18.9. The third-order valence-corrected chi connectivity index (χ3v) is 8.43. The highest BCUT2D eigenvalue weighted by Gasteiger charge is 2.21. The second kappa shape index (κ2) is 22.2. The van der Waals surface area contributed by atoms with Crippen LogP contribution in [0.4, 0.5) is 0 Å². The maximum absolute atomic E-state index is 13.2. The molecule has 0 radical (unpaired) electrons. The van der Waals surface area contributed by atoms with E-state index in [9.17, 15) is 4.79 Å². The maximum atomic E-state index is 13.2. The number of carbonyl (C=O) groups is 1. The molecule has 284 valence electrons. The molecule has 0 aliphatic heterocycles. The summed E-state index contributed by atoms with van der Waals surface area (Å²) in [5.74, 6) is 1.23. The van der Waals surface area contributed by atoms with E-state index in [0.717, 1.165) is 75.2 Å². The highest BCUT2D eigenvalue weighted by Crippen LogP contribution is 2.25. The van der Waals surface area contributed by atoms with Crippen LogP contribution in [0.5, 0.6) is 11.8 Å². The molecule has 0 bridgehead atoms. The van der Waals surface area contributed by atoms with E-state index in [-0.39, 0.29) is 5.91 Å². The number of ether oxygens (including phenoxy) is 2. The molecule has 0 aliphatic rings. The fourth-order valence-corrected chi connectivity index (χ4v) is 5.83. The summed E-state index contributed by atoms with van der Waals surface area (Å²) in [5.41, 5.74) is 5.15. The van der Waals surface area contributed by atoms with Gasteiger partial charge in [-0.15, -0.1) is 10.2 Å². The monoisotopic (exact) mass is 721 g/mol. The molecule has 5 aromatic rings. The lowest BCUT2D eigenvalue weighted by Gasteiger charge is -2.21. The van der Waals surface area contributed by atoms with Gasteiger partial charge in [0, 0.05) is 38.3 Å². The summed E-state index contributed by atoms with van der Waals surface area (Å²) in [6.07, 6.45) is 3.78. The summed E-state index contributed by atoms with van der Waals surface area (Å²) in [7, 11) is 8.23. The number of aromatic nitrogens is 4. The second-order valence-corrected chi connectivity index (χ2v) is 13.7. The van der Waals surface area contributed by atoms with E-state index >= 15 is 0 Å². The summed E-state index contributed by atoms with van der Waals surface area (Å²) < 4.78 is 15.5. The van der Waals surface area contributed by atoms with Gasteiger partial charge >= 0.3 is 0 Å². The number of hydrogen-bond acceptors (Lipinski definition) is 7. The van der Waals surface area contributed by atoms with Crippen LogP contribution in [0, 0.1) is 0 Å². The first-order chi connectivity index (χ1) is 25.8. The molecule has 0 saturated heterocycles. The van der Waals surface area contributed by atoms with Crippen molar-refractivity contribution in [2.24, 2.45) is 0 Å². The molecule has 10 heteroatoms. The Labute approximate surface area is 316 Å². The zero-order chi connectivity index (χ0) is 37.8. The van der Waals surface area contributed by atoms with Gasteiger partial charge in [0.25, 0.3) is 5.91 Å². The predicted octanol–water partition coefficient (Wildman–Crippen LogP) is 7.45. The van der Waals surface area contributed by atoms with Crippen molar-refractivity contribution < 1.29 is 14.3 Å². The minimum Gasteiger partial charge on any atom is -0.477 e. The van der Waals surface area contributed by atoms with Gasteiger partial charge in [-0.05, 0) is 70.6 Å². The fourth-order valence-electron chi connectivity index (χ4n) is 5.83. The fraction of sp³-hybridized carbons (Fsp3) is 0.419. The minimum absolute atomic E-state index is 0.0234. The summed E-state index contributed by atoms with van der Waals surface area (Å²) in [6.45, 7) is 10.2. The van der Waals surface area contributed by atoms with Gasteiger partial charge in [0.05, 0.1) is 32.0 Å².